The number of rotatable bonds is 5. The molecule has 7 heteroatoms. The molecule has 2 N–H and O–H groups in total. The summed E-state index contributed by atoms with van der Waals surface area (Å²) in [7, 11) is 0. The molecule has 1 amide bonds. The molecular weight excluding hydrogens is 416 g/mol. The molecule has 0 saturated carbocycles. The Morgan fingerprint density at radius 3 is 2.59 bits per heavy atom. The summed E-state index contributed by atoms with van der Waals surface area (Å²) in [6.45, 7) is -0.149. The molecule has 5 nitrogen and oxygen atoms in total. The molecule has 0 aliphatic carbocycles. The van der Waals surface area contributed by atoms with Crippen molar-refractivity contribution >= 4 is 44.0 Å². The second-order valence-corrected chi connectivity index (χ2v) is 6.07. The van der Waals surface area contributed by atoms with E-state index in [2.05, 4.69) is 42.4 Å². The molecule has 0 aliphatic rings. The van der Waals surface area contributed by atoms with E-state index in [0.29, 0.717) is 11.3 Å². The molecule has 0 aliphatic heterocycles. The number of carbonyl (C=O) groups excluding carboxylic acids is 1. The third-order valence-electron chi connectivity index (χ3n) is 2.57. The van der Waals surface area contributed by atoms with Crippen molar-refractivity contribution in [1.82, 2.24) is 5.43 Å². The molecule has 0 spiro atoms. The van der Waals surface area contributed by atoms with E-state index in [1.807, 2.05) is 12.1 Å². The molecule has 114 valence electrons. The molecule has 2 aromatic rings. The minimum atomic E-state index is -0.395. The first-order valence-electron chi connectivity index (χ1n) is 6.23. The van der Waals surface area contributed by atoms with Crippen LogP contribution in [-0.4, -0.2) is 23.8 Å². The molecule has 2 rings (SSSR count). The third-order valence-corrected chi connectivity index (χ3v) is 3.59. The zero-order valence-electron chi connectivity index (χ0n) is 11.3. The summed E-state index contributed by atoms with van der Waals surface area (Å²) in [5.41, 5.74) is 2.82. The van der Waals surface area contributed by atoms with Crippen molar-refractivity contribution in [3.05, 3.63) is 57.0 Å². The van der Waals surface area contributed by atoms with Gasteiger partial charge in [0.2, 0.25) is 0 Å². The Morgan fingerprint density at radius 2 is 1.86 bits per heavy atom. The summed E-state index contributed by atoms with van der Waals surface area (Å²) in [4.78, 5) is 11.6. The van der Waals surface area contributed by atoms with Crippen molar-refractivity contribution in [1.29, 1.82) is 0 Å². The van der Waals surface area contributed by atoms with E-state index in [9.17, 15) is 9.90 Å². The van der Waals surface area contributed by atoms with Gasteiger partial charge in [0.25, 0.3) is 5.91 Å². The molecule has 0 bridgehead atoms. The van der Waals surface area contributed by atoms with Gasteiger partial charge in [-0.15, -0.1) is 0 Å². The molecule has 0 radical (unpaired) electrons. The van der Waals surface area contributed by atoms with E-state index < -0.39 is 5.91 Å². The number of ether oxygens (including phenoxy) is 1. The summed E-state index contributed by atoms with van der Waals surface area (Å²) in [5, 5.41) is 13.4. The number of phenolic OH excluding ortho intramolecular Hbond substituents is 1. The van der Waals surface area contributed by atoms with Crippen LogP contribution in [0.3, 0.4) is 0 Å². The Kier molecular flexibility index (Phi) is 5.97. The minimum absolute atomic E-state index is 0.0762. The highest BCUT2D eigenvalue weighted by molar-refractivity contribution is 9.10. The van der Waals surface area contributed by atoms with Crippen LogP contribution in [0.2, 0.25) is 0 Å². The lowest BCUT2D eigenvalue weighted by molar-refractivity contribution is -0.123. The Bertz CT molecular complexity index is 688. The van der Waals surface area contributed by atoms with Gasteiger partial charge in [0, 0.05) is 14.5 Å². The van der Waals surface area contributed by atoms with Gasteiger partial charge < -0.3 is 9.84 Å². The Balaban J connectivity index is 1.83. The number of benzene rings is 2. The number of amides is 1. The fourth-order valence-corrected chi connectivity index (χ4v) is 2.16. The fourth-order valence-electron chi connectivity index (χ4n) is 1.51. The second kappa shape index (κ2) is 7.95. The summed E-state index contributed by atoms with van der Waals surface area (Å²) in [5.74, 6) is 0.271. The topological polar surface area (TPSA) is 70.9 Å². The van der Waals surface area contributed by atoms with Crippen molar-refractivity contribution in [3.63, 3.8) is 0 Å². The highest BCUT2D eigenvalue weighted by Crippen LogP contribution is 2.20. The fraction of sp³-hybridized carbons (Fsp3) is 0.0667. The minimum Gasteiger partial charge on any atom is -0.507 e. The van der Waals surface area contributed by atoms with Crippen LogP contribution in [0.25, 0.3) is 0 Å². The van der Waals surface area contributed by atoms with Gasteiger partial charge in [-0.25, -0.2) is 5.43 Å². The molecule has 0 aromatic heterocycles. The first-order chi connectivity index (χ1) is 10.5. The van der Waals surface area contributed by atoms with Crippen LogP contribution in [0.15, 0.2) is 56.5 Å². The maximum Gasteiger partial charge on any atom is 0.277 e. The highest BCUT2D eigenvalue weighted by Gasteiger charge is 2.02. The van der Waals surface area contributed by atoms with E-state index in [-0.39, 0.29) is 12.4 Å². The maximum absolute atomic E-state index is 11.6. The number of hydrazone groups is 1. The molecule has 22 heavy (non-hydrogen) atoms. The van der Waals surface area contributed by atoms with Crippen LogP contribution in [0, 0.1) is 0 Å². The first kappa shape index (κ1) is 16.5. The number of halogens is 2. The predicted molar refractivity (Wildman–Crippen MR) is 91.2 cm³/mol. The van der Waals surface area contributed by atoms with Crippen LogP contribution in [0.1, 0.15) is 5.56 Å². The van der Waals surface area contributed by atoms with Gasteiger partial charge >= 0.3 is 0 Å². The van der Waals surface area contributed by atoms with E-state index in [0.717, 1.165) is 8.95 Å². The van der Waals surface area contributed by atoms with Gasteiger partial charge in [0.05, 0.1) is 6.21 Å². The van der Waals surface area contributed by atoms with Crippen molar-refractivity contribution in [3.8, 4) is 11.5 Å². The van der Waals surface area contributed by atoms with Crippen LogP contribution in [0.4, 0.5) is 0 Å². The second-order valence-electron chi connectivity index (χ2n) is 4.24. The summed E-state index contributed by atoms with van der Waals surface area (Å²) in [6.07, 6.45) is 1.36. The Morgan fingerprint density at radius 1 is 1.18 bits per heavy atom. The molecule has 0 unspecified atom stereocenters. The van der Waals surface area contributed by atoms with Crippen LogP contribution < -0.4 is 10.2 Å². The van der Waals surface area contributed by atoms with Crippen molar-refractivity contribution in [2.45, 2.75) is 0 Å². The predicted octanol–water partition coefficient (Wildman–Crippen LogP) is 3.45. The number of carbonyl (C=O) groups is 1. The van der Waals surface area contributed by atoms with Gasteiger partial charge in [0.15, 0.2) is 6.61 Å². The van der Waals surface area contributed by atoms with Gasteiger partial charge in [0.1, 0.15) is 11.5 Å². The van der Waals surface area contributed by atoms with E-state index in [1.165, 1.54) is 12.3 Å². The largest absolute Gasteiger partial charge is 0.507 e. The number of nitrogens with zero attached hydrogens (tertiary/aromatic N) is 1. The van der Waals surface area contributed by atoms with E-state index in [4.69, 9.17) is 4.74 Å². The number of phenols is 1. The summed E-state index contributed by atoms with van der Waals surface area (Å²) >= 11 is 6.60. The maximum atomic E-state index is 11.6. The van der Waals surface area contributed by atoms with Crippen molar-refractivity contribution < 1.29 is 14.6 Å². The molecular formula is C15H12Br2N2O3. The number of nitrogens with one attached hydrogen (secondary N) is 1. The summed E-state index contributed by atoms with van der Waals surface area (Å²) < 4.78 is 7.04. The lowest BCUT2D eigenvalue weighted by atomic mass is 10.2. The monoisotopic (exact) mass is 426 g/mol. The average molecular weight is 428 g/mol. The average Bonchev–Trinajstić information content (AvgIpc) is 2.50. The standard InChI is InChI=1S/C15H12Br2N2O3/c16-11-1-4-13(5-2-11)22-9-15(21)19-18-8-10-7-12(17)3-6-14(10)20/h1-8,20H,9H2,(H,19,21)/b18-8+. The molecule has 2 aromatic carbocycles. The van der Waals surface area contributed by atoms with Crippen LogP contribution >= 0.6 is 31.9 Å². The number of hydrogen-bond donors (Lipinski definition) is 2. The Hall–Kier alpha value is -1.86. The summed E-state index contributed by atoms with van der Waals surface area (Å²) in [6, 6.07) is 12.1. The van der Waals surface area contributed by atoms with Gasteiger partial charge in [-0.1, -0.05) is 31.9 Å². The van der Waals surface area contributed by atoms with Gasteiger partial charge in [-0.2, -0.15) is 5.10 Å². The van der Waals surface area contributed by atoms with Gasteiger partial charge in [-0.3, -0.25) is 4.79 Å². The smallest absolute Gasteiger partial charge is 0.277 e. The molecule has 0 saturated heterocycles. The Labute approximate surface area is 144 Å². The lowest BCUT2D eigenvalue weighted by Crippen LogP contribution is -2.24. The van der Waals surface area contributed by atoms with Gasteiger partial charge in [-0.05, 0) is 42.5 Å². The van der Waals surface area contributed by atoms with Crippen LogP contribution in [-0.2, 0) is 4.79 Å². The lowest BCUT2D eigenvalue weighted by Gasteiger charge is -2.05. The zero-order chi connectivity index (χ0) is 15.9. The molecule has 0 heterocycles. The third kappa shape index (κ3) is 5.16. The normalized spacial score (nSPS) is 10.6. The number of aromatic hydroxyl groups is 1. The quantitative estimate of drug-likeness (QED) is 0.567. The van der Waals surface area contributed by atoms with Crippen LogP contribution in [0.5, 0.6) is 11.5 Å². The SMILES string of the molecule is O=C(COc1ccc(Br)cc1)N/N=C/c1cc(Br)ccc1O. The zero-order valence-corrected chi connectivity index (χ0v) is 14.5. The first-order valence-corrected chi connectivity index (χ1v) is 7.82. The van der Waals surface area contributed by atoms with Crippen molar-refractivity contribution in [2.24, 2.45) is 5.10 Å². The van der Waals surface area contributed by atoms with E-state index in [1.54, 1.807) is 24.3 Å². The molecule has 0 fully saturated rings. The van der Waals surface area contributed by atoms with Crippen molar-refractivity contribution in [2.75, 3.05) is 6.61 Å². The molecule has 0 atom stereocenters. The highest BCUT2D eigenvalue weighted by atomic mass is 79.9. The van der Waals surface area contributed by atoms with E-state index >= 15 is 0 Å². The number of hydrogen-bond acceptors (Lipinski definition) is 4.